The molecule has 1 aliphatic heterocycles. The number of thioether (sulfide) groups is 1. The Bertz CT molecular complexity index is 1170. The van der Waals surface area contributed by atoms with Crippen LogP contribution in [0.25, 0.3) is 11.1 Å². The fourth-order valence-electron chi connectivity index (χ4n) is 5.74. The van der Waals surface area contributed by atoms with Gasteiger partial charge in [-0.25, -0.2) is 13.6 Å². The van der Waals surface area contributed by atoms with Crippen LogP contribution in [0.5, 0.6) is 0 Å². The standard InChI is InChI=1S/C31H40F2N2O4S/c1-21-8-6-7-11-25(21)27-16-22(12-13-26(27)29(36)34-28(30(37)38)14-15-40-2)18-35-20-31(32,33)17-23(35)19-39-24-9-4-3-5-10-24/h6-8,11-13,16,23-24,28H,3-5,9-10,14-15,17-20H2,1-2H3,(H,34,36)(H,37,38)/t23-,28+/m1/s1. The third-order valence-electron chi connectivity index (χ3n) is 7.93. The Kier molecular flexibility index (Phi) is 10.6. The number of amides is 1. The number of carbonyl (C=O) groups excluding carboxylic acids is 1. The van der Waals surface area contributed by atoms with Crippen molar-refractivity contribution >= 4 is 23.6 Å². The number of carboxylic acid groups (broad SMARTS) is 1. The number of hydrogen-bond acceptors (Lipinski definition) is 5. The lowest BCUT2D eigenvalue weighted by Gasteiger charge is -2.28. The maximum atomic E-state index is 14.6. The van der Waals surface area contributed by atoms with Gasteiger partial charge in [0.25, 0.3) is 11.8 Å². The molecule has 2 aromatic carbocycles. The van der Waals surface area contributed by atoms with Crippen LogP contribution in [0, 0.1) is 6.92 Å². The third kappa shape index (κ3) is 8.04. The maximum Gasteiger partial charge on any atom is 0.326 e. The number of carboxylic acids is 1. The minimum Gasteiger partial charge on any atom is -0.480 e. The summed E-state index contributed by atoms with van der Waals surface area (Å²) in [6, 6.07) is 11.6. The molecule has 218 valence electrons. The van der Waals surface area contributed by atoms with Crippen molar-refractivity contribution in [1.29, 1.82) is 0 Å². The van der Waals surface area contributed by atoms with Crippen molar-refractivity contribution in [2.75, 3.05) is 25.2 Å². The smallest absolute Gasteiger partial charge is 0.326 e. The topological polar surface area (TPSA) is 78.9 Å². The van der Waals surface area contributed by atoms with Crippen molar-refractivity contribution in [3.63, 3.8) is 0 Å². The molecule has 1 saturated heterocycles. The summed E-state index contributed by atoms with van der Waals surface area (Å²) in [5.41, 5.74) is 3.62. The Balaban J connectivity index is 1.57. The molecular formula is C31H40F2N2O4S. The minimum absolute atomic E-state index is 0.154. The highest BCUT2D eigenvalue weighted by Crippen LogP contribution is 2.35. The van der Waals surface area contributed by atoms with E-state index in [1.807, 2.05) is 43.5 Å². The van der Waals surface area contributed by atoms with Crippen LogP contribution in [0.3, 0.4) is 0 Å². The van der Waals surface area contributed by atoms with E-state index in [2.05, 4.69) is 5.32 Å². The fourth-order valence-corrected chi connectivity index (χ4v) is 6.21. The molecule has 0 unspecified atom stereocenters. The number of aliphatic carboxylic acids is 1. The molecule has 2 N–H and O–H groups in total. The minimum atomic E-state index is -2.78. The van der Waals surface area contributed by atoms with E-state index in [-0.39, 0.29) is 31.7 Å². The summed E-state index contributed by atoms with van der Waals surface area (Å²) in [5, 5.41) is 12.3. The fraction of sp³-hybridized carbons (Fsp3) is 0.548. The molecule has 40 heavy (non-hydrogen) atoms. The number of rotatable bonds is 12. The van der Waals surface area contributed by atoms with Crippen LogP contribution in [0.4, 0.5) is 8.78 Å². The second-order valence-corrected chi connectivity index (χ2v) is 12.0. The maximum absolute atomic E-state index is 14.6. The van der Waals surface area contributed by atoms with Gasteiger partial charge < -0.3 is 15.2 Å². The predicted octanol–water partition coefficient (Wildman–Crippen LogP) is 6.16. The first kappa shape index (κ1) is 30.5. The molecule has 2 fully saturated rings. The van der Waals surface area contributed by atoms with Crippen molar-refractivity contribution in [1.82, 2.24) is 10.2 Å². The van der Waals surface area contributed by atoms with E-state index in [9.17, 15) is 23.5 Å². The number of carbonyl (C=O) groups is 2. The Labute approximate surface area is 239 Å². The van der Waals surface area contributed by atoms with Gasteiger partial charge in [-0.05, 0) is 72.6 Å². The predicted molar refractivity (Wildman–Crippen MR) is 155 cm³/mol. The number of alkyl halides is 2. The summed E-state index contributed by atoms with van der Waals surface area (Å²) in [6.45, 7) is 2.21. The highest BCUT2D eigenvalue weighted by atomic mass is 32.2. The third-order valence-corrected chi connectivity index (χ3v) is 8.57. The van der Waals surface area contributed by atoms with E-state index in [0.29, 0.717) is 29.8 Å². The van der Waals surface area contributed by atoms with E-state index in [1.165, 1.54) is 18.2 Å². The summed E-state index contributed by atoms with van der Waals surface area (Å²) in [7, 11) is 0. The molecule has 2 aromatic rings. The van der Waals surface area contributed by atoms with E-state index >= 15 is 0 Å². The van der Waals surface area contributed by atoms with Gasteiger partial charge in [0.05, 0.1) is 19.3 Å². The monoisotopic (exact) mass is 574 g/mol. The zero-order chi connectivity index (χ0) is 28.7. The number of ether oxygens (including phenoxy) is 1. The van der Waals surface area contributed by atoms with Gasteiger partial charge >= 0.3 is 5.97 Å². The van der Waals surface area contributed by atoms with Gasteiger partial charge in [0.2, 0.25) is 0 Å². The number of benzene rings is 2. The van der Waals surface area contributed by atoms with Crippen LogP contribution in [-0.4, -0.2) is 71.2 Å². The summed E-state index contributed by atoms with van der Waals surface area (Å²) < 4.78 is 35.2. The van der Waals surface area contributed by atoms with Gasteiger partial charge in [-0.15, -0.1) is 0 Å². The van der Waals surface area contributed by atoms with Crippen LogP contribution in [0.15, 0.2) is 42.5 Å². The molecule has 0 radical (unpaired) electrons. The SMILES string of the molecule is CSCC[C@H](NC(=O)c1ccc(CN2CC(F)(F)C[C@@H]2COC2CCCCC2)cc1-c1ccccc1C)C(=O)O. The number of nitrogens with zero attached hydrogens (tertiary/aromatic N) is 1. The molecule has 1 heterocycles. The molecular weight excluding hydrogens is 534 g/mol. The lowest BCUT2D eigenvalue weighted by atomic mass is 9.93. The molecule has 0 aromatic heterocycles. The molecule has 4 rings (SSSR count). The zero-order valence-corrected chi connectivity index (χ0v) is 24.2. The molecule has 2 atom stereocenters. The van der Waals surface area contributed by atoms with Gasteiger partial charge in [-0.1, -0.05) is 49.6 Å². The van der Waals surface area contributed by atoms with Crippen molar-refractivity contribution in [3.05, 3.63) is 59.2 Å². The Morgan fingerprint density at radius 3 is 2.60 bits per heavy atom. The Hall–Kier alpha value is -2.49. The number of aryl methyl sites for hydroxylation is 1. The summed E-state index contributed by atoms with van der Waals surface area (Å²) in [5.74, 6) is -3.72. The second-order valence-electron chi connectivity index (χ2n) is 11.1. The molecule has 2 aliphatic rings. The summed E-state index contributed by atoms with van der Waals surface area (Å²) in [4.78, 5) is 26.9. The highest BCUT2D eigenvalue weighted by molar-refractivity contribution is 7.98. The van der Waals surface area contributed by atoms with Crippen LogP contribution < -0.4 is 5.32 Å². The van der Waals surface area contributed by atoms with E-state index < -0.39 is 23.8 Å². The van der Waals surface area contributed by atoms with Crippen molar-refractivity contribution < 1.29 is 28.2 Å². The molecule has 1 amide bonds. The van der Waals surface area contributed by atoms with E-state index in [4.69, 9.17) is 4.74 Å². The largest absolute Gasteiger partial charge is 0.480 e. The highest BCUT2D eigenvalue weighted by Gasteiger charge is 2.45. The van der Waals surface area contributed by atoms with Gasteiger partial charge in [-0.3, -0.25) is 9.69 Å². The van der Waals surface area contributed by atoms with E-state index in [0.717, 1.165) is 42.4 Å². The van der Waals surface area contributed by atoms with Gasteiger partial charge in [0, 0.05) is 24.6 Å². The number of hydrogen-bond donors (Lipinski definition) is 2. The lowest BCUT2D eigenvalue weighted by molar-refractivity contribution is -0.139. The molecule has 6 nitrogen and oxygen atoms in total. The van der Waals surface area contributed by atoms with Crippen molar-refractivity contribution in [3.8, 4) is 11.1 Å². The van der Waals surface area contributed by atoms with Crippen LogP contribution >= 0.6 is 11.8 Å². The van der Waals surface area contributed by atoms with Crippen LogP contribution in [0.1, 0.15) is 66.4 Å². The molecule has 0 spiro atoms. The zero-order valence-electron chi connectivity index (χ0n) is 23.3. The first-order valence-corrected chi connectivity index (χ1v) is 15.5. The number of likely N-dealkylation sites (tertiary alicyclic amines) is 1. The van der Waals surface area contributed by atoms with Gasteiger partial charge in [-0.2, -0.15) is 11.8 Å². The first-order valence-electron chi connectivity index (χ1n) is 14.1. The summed E-state index contributed by atoms with van der Waals surface area (Å²) >= 11 is 1.52. The van der Waals surface area contributed by atoms with Crippen LogP contribution in [0.2, 0.25) is 0 Å². The average molecular weight is 575 g/mol. The quantitative estimate of drug-likeness (QED) is 0.316. The van der Waals surface area contributed by atoms with E-state index in [1.54, 1.807) is 17.0 Å². The lowest BCUT2D eigenvalue weighted by Crippen LogP contribution is -2.41. The summed E-state index contributed by atoms with van der Waals surface area (Å²) in [6.07, 6.45) is 7.58. The number of halogens is 2. The Morgan fingerprint density at radius 1 is 1.15 bits per heavy atom. The van der Waals surface area contributed by atoms with Gasteiger partial charge in [0.1, 0.15) is 6.04 Å². The molecule has 1 saturated carbocycles. The first-order chi connectivity index (χ1) is 19.2. The molecule has 0 bridgehead atoms. The molecule has 1 aliphatic carbocycles. The second kappa shape index (κ2) is 13.9. The van der Waals surface area contributed by atoms with Crippen LogP contribution in [-0.2, 0) is 16.1 Å². The average Bonchev–Trinajstić information content (AvgIpc) is 3.23. The Morgan fingerprint density at radius 2 is 1.90 bits per heavy atom. The normalized spacial score (nSPS) is 20.4. The number of nitrogens with one attached hydrogen (secondary N) is 1. The van der Waals surface area contributed by atoms with Crippen molar-refractivity contribution in [2.45, 2.75) is 82.5 Å². The van der Waals surface area contributed by atoms with Crippen molar-refractivity contribution in [2.24, 2.45) is 0 Å². The van der Waals surface area contributed by atoms with Gasteiger partial charge in [0.15, 0.2) is 0 Å². The molecule has 9 heteroatoms.